The van der Waals surface area contributed by atoms with Crippen LogP contribution in [-0.4, -0.2) is 22.5 Å². The van der Waals surface area contributed by atoms with Crippen molar-refractivity contribution in [3.8, 4) is 11.8 Å². The van der Waals surface area contributed by atoms with Crippen molar-refractivity contribution in [1.82, 2.24) is 4.98 Å². The van der Waals surface area contributed by atoms with Crippen LogP contribution in [0.25, 0.3) is 10.9 Å². The van der Waals surface area contributed by atoms with Crippen LogP contribution in [0.3, 0.4) is 0 Å². The minimum Gasteiger partial charge on any atom is -0.384 e. The van der Waals surface area contributed by atoms with E-state index in [1.54, 1.807) is 18.0 Å². The van der Waals surface area contributed by atoms with E-state index in [1.165, 1.54) is 0 Å². The lowest BCUT2D eigenvalue weighted by atomic mass is 10.2. The van der Waals surface area contributed by atoms with Gasteiger partial charge in [-0.15, -0.1) is 11.8 Å². The van der Waals surface area contributed by atoms with Gasteiger partial charge in [0.25, 0.3) is 0 Å². The molecule has 1 aromatic heterocycles. The van der Waals surface area contributed by atoms with Crippen LogP contribution in [0.4, 0.5) is 0 Å². The lowest BCUT2D eigenvalue weighted by Crippen LogP contribution is -1.82. The molecule has 0 spiro atoms. The van der Waals surface area contributed by atoms with Crippen molar-refractivity contribution in [3.63, 3.8) is 0 Å². The molecule has 0 aliphatic carbocycles. The molecule has 0 aliphatic rings. The molecule has 2 aromatic rings. The Hall–Kier alpha value is -1.50. The zero-order valence-electron chi connectivity index (χ0n) is 8.68. The van der Waals surface area contributed by atoms with Gasteiger partial charge in [0, 0.05) is 16.5 Å². The number of nitrogens with zero attached hydrogens (tertiary/aromatic N) is 1. The largest absolute Gasteiger partial charge is 0.384 e. The van der Waals surface area contributed by atoms with Gasteiger partial charge in [-0.25, -0.2) is 0 Å². The Kier molecular flexibility index (Phi) is 3.81. The van der Waals surface area contributed by atoms with Crippen LogP contribution >= 0.6 is 11.8 Å². The number of aromatic nitrogens is 1. The summed E-state index contributed by atoms with van der Waals surface area (Å²) < 4.78 is 0. The lowest BCUT2D eigenvalue weighted by molar-refractivity contribution is 0.350. The van der Waals surface area contributed by atoms with Crippen molar-refractivity contribution >= 4 is 22.7 Å². The van der Waals surface area contributed by atoms with E-state index in [1.807, 2.05) is 30.3 Å². The molecular weight excluding hydrogens is 218 g/mol. The smallest absolute Gasteiger partial charge is 0.104 e. The molecule has 0 atom stereocenters. The average Bonchev–Trinajstić information content (AvgIpc) is 2.35. The van der Waals surface area contributed by atoms with Gasteiger partial charge < -0.3 is 5.11 Å². The predicted molar refractivity (Wildman–Crippen MR) is 67.3 cm³/mol. The van der Waals surface area contributed by atoms with Gasteiger partial charge >= 0.3 is 0 Å². The van der Waals surface area contributed by atoms with E-state index in [0.29, 0.717) is 5.75 Å². The Morgan fingerprint density at radius 1 is 1.19 bits per heavy atom. The number of rotatable bonds is 2. The van der Waals surface area contributed by atoms with E-state index in [0.717, 1.165) is 15.8 Å². The third kappa shape index (κ3) is 2.54. The van der Waals surface area contributed by atoms with Crippen LogP contribution in [-0.2, 0) is 0 Å². The zero-order chi connectivity index (χ0) is 11.2. The predicted octanol–water partition coefficient (Wildman–Crippen LogP) is 2.32. The minimum atomic E-state index is -0.0751. The standard InChI is InChI=1S/C13H11NOS/c15-9-1-2-10-16-12-7-3-5-11-6-4-8-14-13(11)12/h3-8,15H,9-10H2. The maximum atomic E-state index is 8.54. The molecule has 0 amide bonds. The second kappa shape index (κ2) is 5.55. The van der Waals surface area contributed by atoms with Gasteiger partial charge in [0.15, 0.2) is 0 Å². The molecular formula is C13H11NOS. The molecule has 16 heavy (non-hydrogen) atoms. The van der Waals surface area contributed by atoms with Crippen molar-refractivity contribution in [2.75, 3.05) is 12.4 Å². The topological polar surface area (TPSA) is 33.1 Å². The molecule has 0 radical (unpaired) electrons. The Morgan fingerprint density at radius 3 is 2.94 bits per heavy atom. The third-order valence-corrected chi connectivity index (χ3v) is 3.03. The van der Waals surface area contributed by atoms with Gasteiger partial charge in [-0.05, 0) is 12.1 Å². The maximum Gasteiger partial charge on any atom is 0.104 e. The molecule has 2 rings (SSSR count). The summed E-state index contributed by atoms with van der Waals surface area (Å²) >= 11 is 1.64. The summed E-state index contributed by atoms with van der Waals surface area (Å²) in [5.41, 5.74) is 1.01. The van der Waals surface area contributed by atoms with E-state index >= 15 is 0 Å². The highest BCUT2D eigenvalue weighted by molar-refractivity contribution is 7.99. The molecule has 1 N–H and O–H groups in total. The fraction of sp³-hybridized carbons (Fsp3) is 0.154. The Bertz CT molecular complexity index is 537. The summed E-state index contributed by atoms with van der Waals surface area (Å²) in [7, 11) is 0. The van der Waals surface area contributed by atoms with E-state index in [2.05, 4.69) is 16.8 Å². The average molecular weight is 229 g/mol. The van der Waals surface area contributed by atoms with Crippen LogP contribution in [0.15, 0.2) is 41.4 Å². The van der Waals surface area contributed by atoms with Crippen LogP contribution in [0.5, 0.6) is 0 Å². The molecule has 80 valence electrons. The molecule has 0 fully saturated rings. The SMILES string of the molecule is OCC#CCSc1cccc2cccnc12. The highest BCUT2D eigenvalue weighted by Gasteiger charge is 2.00. The van der Waals surface area contributed by atoms with Crippen LogP contribution < -0.4 is 0 Å². The number of aliphatic hydroxyl groups excluding tert-OH is 1. The van der Waals surface area contributed by atoms with Crippen LogP contribution in [0, 0.1) is 11.8 Å². The number of benzene rings is 1. The second-order valence-corrected chi connectivity index (χ2v) is 4.15. The first-order chi connectivity index (χ1) is 7.92. The highest BCUT2D eigenvalue weighted by Crippen LogP contribution is 2.25. The van der Waals surface area contributed by atoms with Gasteiger partial charge in [-0.3, -0.25) is 4.98 Å². The summed E-state index contributed by atoms with van der Waals surface area (Å²) in [5, 5.41) is 9.68. The Balaban J connectivity index is 2.23. The first kappa shape index (κ1) is 11.0. The number of hydrogen-bond acceptors (Lipinski definition) is 3. The molecule has 0 aliphatic heterocycles. The maximum absolute atomic E-state index is 8.54. The number of aliphatic hydroxyl groups is 1. The van der Waals surface area contributed by atoms with Crippen molar-refractivity contribution in [1.29, 1.82) is 0 Å². The van der Waals surface area contributed by atoms with E-state index in [4.69, 9.17) is 5.11 Å². The number of pyridine rings is 1. The van der Waals surface area contributed by atoms with Gasteiger partial charge in [0.2, 0.25) is 0 Å². The molecule has 1 aromatic carbocycles. The zero-order valence-corrected chi connectivity index (χ0v) is 9.50. The van der Waals surface area contributed by atoms with E-state index in [9.17, 15) is 0 Å². The van der Waals surface area contributed by atoms with Gasteiger partial charge in [-0.2, -0.15) is 0 Å². The molecule has 3 heteroatoms. The summed E-state index contributed by atoms with van der Waals surface area (Å²) in [6.07, 6.45) is 1.80. The molecule has 0 unspecified atom stereocenters. The summed E-state index contributed by atoms with van der Waals surface area (Å²) in [6.45, 7) is -0.0751. The fourth-order valence-corrected chi connectivity index (χ4v) is 2.23. The Morgan fingerprint density at radius 2 is 2.06 bits per heavy atom. The number of thioether (sulfide) groups is 1. The molecule has 0 bridgehead atoms. The van der Waals surface area contributed by atoms with Gasteiger partial charge in [0.1, 0.15) is 6.61 Å². The summed E-state index contributed by atoms with van der Waals surface area (Å²) in [6, 6.07) is 10.1. The van der Waals surface area contributed by atoms with Crippen LogP contribution in [0.1, 0.15) is 0 Å². The minimum absolute atomic E-state index is 0.0751. The summed E-state index contributed by atoms with van der Waals surface area (Å²) in [4.78, 5) is 5.49. The third-order valence-electron chi connectivity index (χ3n) is 2.10. The first-order valence-corrected chi connectivity index (χ1v) is 5.93. The van der Waals surface area contributed by atoms with E-state index < -0.39 is 0 Å². The number of para-hydroxylation sites is 1. The highest BCUT2D eigenvalue weighted by atomic mass is 32.2. The quantitative estimate of drug-likeness (QED) is 0.633. The number of hydrogen-bond donors (Lipinski definition) is 1. The Labute approximate surface area is 98.7 Å². The second-order valence-electron chi connectivity index (χ2n) is 3.13. The molecule has 0 saturated carbocycles. The van der Waals surface area contributed by atoms with Crippen molar-refractivity contribution in [2.45, 2.75) is 4.90 Å². The normalized spacial score (nSPS) is 9.81. The van der Waals surface area contributed by atoms with Crippen molar-refractivity contribution < 1.29 is 5.11 Å². The van der Waals surface area contributed by atoms with E-state index in [-0.39, 0.29) is 6.61 Å². The molecule has 1 heterocycles. The molecule has 0 saturated heterocycles. The van der Waals surface area contributed by atoms with Gasteiger partial charge in [-0.1, -0.05) is 30.0 Å². The summed E-state index contributed by atoms with van der Waals surface area (Å²) in [5.74, 6) is 6.19. The van der Waals surface area contributed by atoms with Gasteiger partial charge in [0.05, 0.1) is 11.3 Å². The monoisotopic (exact) mass is 229 g/mol. The van der Waals surface area contributed by atoms with Crippen LogP contribution in [0.2, 0.25) is 0 Å². The lowest BCUT2D eigenvalue weighted by Gasteiger charge is -2.02. The van der Waals surface area contributed by atoms with Crippen molar-refractivity contribution in [3.05, 3.63) is 36.5 Å². The number of fused-ring (bicyclic) bond motifs is 1. The molecule has 2 nitrogen and oxygen atoms in total. The first-order valence-electron chi connectivity index (χ1n) is 4.95. The fourth-order valence-electron chi connectivity index (χ4n) is 1.41. The van der Waals surface area contributed by atoms with Crippen molar-refractivity contribution in [2.24, 2.45) is 0 Å².